The second-order valence-corrected chi connectivity index (χ2v) is 6.91. The minimum Gasteiger partial charge on any atom is -0.497 e. The first-order valence-corrected chi connectivity index (χ1v) is 9.40. The van der Waals surface area contributed by atoms with E-state index < -0.39 is 11.6 Å². The van der Waals surface area contributed by atoms with Crippen LogP contribution in [0.4, 0.5) is 5.69 Å². The molecule has 0 bridgehead atoms. The molecule has 0 unspecified atom stereocenters. The lowest BCUT2D eigenvalue weighted by Crippen LogP contribution is -2.33. The van der Waals surface area contributed by atoms with Crippen molar-refractivity contribution in [1.29, 1.82) is 0 Å². The van der Waals surface area contributed by atoms with Gasteiger partial charge in [-0.1, -0.05) is 0 Å². The van der Waals surface area contributed by atoms with Gasteiger partial charge in [-0.3, -0.25) is 14.3 Å². The van der Waals surface area contributed by atoms with Gasteiger partial charge in [-0.15, -0.1) is 0 Å². The Morgan fingerprint density at radius 2 is 1.77 bits per heavy atom. The third-order valence-corrected chi connectivity index (χ3v) is 5.01. The van der Waals surface area contributed by atoms with E-state index in [4.69, 9.17) is 9.47 Å². The second kappa shape index (κ2) is 8.40. The van der Waals surface area contributed by atoms with Crippen LogP contribution in [0.1, 0.15) is 24.4 Å². The normalized spacial score (nSPS) is 11.8. The Bertz CT molecular complexity index is 1130. The molecule has 1 amide bonds. The summed E-state index contributed by atoms with van der Waals surface area (Å²) < 4.78 is 13.4. The molecule has 1 N–H and O–H groups in total. The summed E-state index contributed by atoms with van der Waals surface area (Å²) in [7, 11) is 4.86. The van der Waals surface area contributed by atoms with Crippen LogP contribution in [0.5, 0.6) is 11.5 Å². The number of anilines is 1. The average Bonchev–Trinajstić information content (AvgIpc) is 2.98. The molecule has 2 heterocycles. The maximum Gasteiger partial charge on any atom is 0.271 e. The van der Waals surface area contributed by atoms with Crippen LogP contribution in [-0.2, 0) is 11.8 Å². The molecule has 2 aromatic heterocycles. The van der Waals surface area contributed by atoms with Crippen molar-refractivity contribution in [2.75, 3.05) is 19.5 Å². The molecule has 0 spiro atoms. The van der Waals surface area contributed by atoms with E-state index in [2.05, 4.69) is 15.5 Å². The van der Waals surface area contributed by atoms with Crippen LogP contribution in [-0.4, -0.2) is 39.7 Å². The van der Waals surface area contributed by atoms with E-state index in [9.17, 15) is 9.59 Å². The van der Waals surface area contributed by atoms with E-state index >= 15 is 0 Å². The van der Waals surface area contributed by atoms with Crippen molar-refractivity contribution in [1.82, 2.24) is 19.6 Å². The monoisotopic (exact) mass is 411 g/mol. The van der Waals surface area contributed by atoms with Crippen molar-refractivity contribution in [3.05, 3.63) is 52.1 Å². The minimum atomic E-state index is -0.848. The molecule has 1 aromatic carbocycles. The van der Waals surface area contributed by atoms with E-state index in [0.717, 1.165) is 15.9 Å². The van der Waals surface area contributed by atoms with Gasteiger partial charge in [-0.2, -0.15) is 10.2 Å². The topological polar surface area (TPSA) is 100 Å². The quantitative estimate of drug-likeness (QED) is 0.669. The molecular formula is C21H25N5O4. The third kappa shape index (κ3) is 3.91. The maximum atomic E-state index is 12.9. The van der Waals surface area contributed by atoms with Crippen LogP contribution in [0.15, 0.2) is 35.1 Å². The molecule has 3 aromatic rings. The summed E-state index contributed by atoms with van der Waals surface area (Å²) in [5.41, 5.74) is 2.89. The molecule has 1 atom stereocenters. The average molecular weight is 411 g/mol. The summed E-state index contributed by atoms with van der Waals surface area (Å²) in [5.74, 6) is 0.656. The Morgan fingerprint density at radius 3 is 2.30 bits per heavy atom. The third-order valence-electron chi connectivity index (χ3n) is 5.01. The van der Waals surface area contributed by atoms with Gasteiger partial charge >= 0.3 is 0 Å². The number of amides is 1. The van der Waals surface area contributed by atoms with Crippen molar-refractivity contribution >= 4 is 11.6 Å². The smallest absolute Gasteiger partial charge is 0.271 e. The van der Waals surface area contributed by atoms with E-state index in [0.29, 0.717) is 28.6 Å². The molecule has 0 aliphatic carbocycles. The first kappa shape index (κ1) is 21.1. The summed E-state index contributed by atoms with van der Waals surface area (Å²) >= 11 is 0. The Balaban J connectivity index is 1.98. The van der Waals surface area contributed by atoms with Crippen molar-refractivity contribution < 1.29 is 14.3 Å². The van der Waals surface area contributed by atoms with Crippen molar-refractivity contribution in [2.45, 2.75) is 26.8 Å². The lowest BCUT2D eigenvalue weighted by atomic mass is 10.1. The zero-order chi connectivity index (χ0) is 22.0. The molecule has 0 saturated carbocycles. The van der Waals surface area contributed by atoms with E-state index in [1.54, 1.807) is 37.9 Å². The molecular weight excluding hydrogens is 386 g/mol. The Hall–Kier alpha value is -3.62. The highest BCUT2D eigenvalue weighted by atomic mass is 16.5. The van der Waals surface area contributed by atoms with E-state index in [1.807, 2.05) is 26.0 Å². The number of aromatic nitrogens is 4. The first-order valence-electron chi connectivity index (χ1n) is 9.40. The predicted octanol–water partition coefficient (Wildman–Crippen LogP) is 2.48. The molecule has 0 fully saturated rings. The fraction of sp³-hybridized carbons (Fsp3) is 0.333. The highest BCUT2D eigenvalue weighted by Gasteiger charge is 2.22. The van der Waals surface area contributed by atoms with Gasteiger partial charge in [0.25, 0.3) is 5.56 Å². The number of methoxy groups -OCH3 is 2. The molecule has 9 heteroatoms. The van der Waals surface area contributed by atoms with Crippen LogP contribution >= 0.6 is 0 Å². The van der Waals surface area contributed by atoms with Gasteiger partial charge in [0.1, 0.15) is 17.5 Å². The summed E-state index contributed by atoms with van der Waals surface area (Å²) in [4.78, 5) is 25.5. The Labute approximate surface area is 174 Å². The van der Waals surface area contributed by atoms with Gasteiger partial charge in [-0.25, -0.2) is 4.68 Å². The summed E-state index contributed by atoms with van der Waals surface area (Å²) in [6, 6.07) is 7.68. The number of ether oxygens (including phenoxy) is 2. The lowest BCUT2D eigenvalue weighted by molar-refractivity contribution is -0.119. The number of hydrogen-bond acceptors (Lipinski definition) is 6. The lowest BCUT2D eigenvalue weighted by Gasteiger charge is -2.17. The number of benzene rings is 1. The Kier molecular flexibility index (Phi) is 5.91. The number of hydrogen-bond donors (Lipinski definition) is 1. The summed E-state index contributed by atoms with van der Waals surface area (Å²) in [5, 5.41) is 11.6. The van der Waals surface area contributed by atoms with Crippen LogP contribution < -0.4 is 20.3 Å². The highest BCUT2D eigenvalue weighted by molar-refractivity contribution is 5.94. The second-order valence-electron chi connectivity index (χ2n) is 6.91. The first-order chi connectivity index (χ1) is 14.3. The number of aryl methyl sites for hydroxylation is 2. The van der Waals surface area contributed by atoms with Gasteiger partial charge in [0.15, 0.2) is 5.75 Å². The van der Waals surface area contributed by atoms with Gasteiger partial charge in [0.2, 0.25) is 5.91 Å². The zero-order valence-electron chi connectivity index (χ0n) is 17.9. The van der Waals surface area contributed by atoms with Crippen LogP contribution in [0.3, 0.4) is 0 Å². The van der Waals surface area contributed by atoms with Crippen LogP contribution in [0.25, 0.3) is 11.3 Å². The molecule has 30 heavy (non-hydrogen) atoms. The number of rotatable bonds is 6. The number of nitrogens with one attached hydrogen (secondary N) is 1. The number of carbonyl (C=O) groups is 1. The molecule has 0 aliphatic heterocycles. The molecule has 158 valence electrons. The van der Waals surface area contributed by atoms with Gasteiger partial charge < -0.3 is 14.8 Å². The van der Waals surface area contributed by atoms with Gasteiger partial charge in [0, 0.05) is 18.7 Å². The van der Waals surface area contributed by atoms with Crippen molar-refractivity contribution in [3.8, 4) is 22.8 Å². The maximum absolute atomic E-state index is 12.9. The van der Waals surface area contributed by atoms with E-state index in [1.165, 1.54) is 13.2 Å². The Morgan fingerprint density at radius 1 is 1.10 bits per heavy atom. The fourth-order valence-electron chi connectivity index (χ4n) is 3.13. The largest absolute Gasteiger partial charge is 0.497 e. The molecule has 0 aliphatic rings. The number of carbonyl (C=O) groups excluding carboxylic acids is 1. The highest BCUT2D eigenvalue weighted by Crippen LogP contribution is 2.28. The molecule has 0 radical (unpaired) electrons. The molecule has 9 nitrogen and oxygen atoms in total. The van der Waals surface area contributed by atoms with Gasteiger partial charge in [0.05, 0.1) is 31.3 Å². The molecule has 0 saturated heterocycles. The minimum absolute atomic E-state index is 0.327. The number of nitrogens with zero attached hydrogens (tertiary/aromatic N) is 4. The fourth-order valence-corrected chi connectivity index (χ4v) is 3.13. The SMILES string of the molecule is COc1ccc(-c2nn([C@@H](C)C(=O)Nc3c(C)nn(C)c3C)c(=O)cc2OC)cc1. The zero-order valence-corrected chi connectivity index (χ0v) is 17.9. The van der Waals surface area contributed by atoms with Crippen molar-refractivity contribution in [2.24, 2.45) is 7.05 Å². The summed E-state index contributed by atoms with van der Waals surface area (Å²) in [6.07, 6.45) is 0. The predicted molar refractivity (Wildman–Crippen MR) is 113 cm³/mol. The van der Waals surface area contributed by atoms with E-state index in [-0.39, 0.29) is 5.91 Å². The molecule has 3 rings (SSSR count). The van der Waals surface area contributed by atoms with Gasteiger partial charge in [-0.05, 0) is 45.0 Å². The summed E-state index contributed by atoms with van der Waals surface area (Å²) in [6.45, 7) is 5.29. The van der Waals surface area contributed by atoms with Crippen molar-refractivity contribution in [3.63, 3.8) is 0 Å². The standard InChI is InChI=1S/C21H25N5O4/c1-12-19(13(2)25(4)23-12)22-21(28)14(3)26-18(27)11-17(30-6)20(24-26)15-7-9-16(29-5)10-8-15/h7-11,14H,1-6H3,(H,22,28)/t14-/m0/s1. The van der Waals surface area contributed by atoms with Crippen LogP contribution in [0, 0.1) is 13.8 Å². The van der Waals surface area contributed by atoms with Crippen LogP contribution in [0.2, 0.25) is 0 Å².